The first-order valence-electron chi connectivity index (χ1n) is 5.07. The van der Waals surface area contributed by atoms with E-state index >= 15 is 0 Å². The molecule has 5 nitrogen and oxygen atoms in total. The van der Waals surface area contributed by atoms with Crippen LogP contribution in [0.5, 0.6) is 0 Å². The Hall–Kier alpha value is -1.10. The van der Waals surface area contributed by atoms with Crippen molar-refractivity contribution in [3.63, 3.8) is 0 Å². The maximum atomic E-state index is 5.77. The summed E-state index contributed by atoms with van der Waals surface area (Å²) in [6, 6.07) is 0.318. The lowest BCUT2D eigenvalue weighted by atomic mass is 10.3. The number of hydrogen-bond acceptors (Lipinski definition) is 5. The van der Waals surface area contributed by atoms with Crippen molar-refractivity contribution in [1.82, 2.24) is 15.0 Å². The van der Waals surface area contributed by atoms with Gasteiger partial charge in [-0.15, -0.1) is 0 Å². The van der Waals surface area contributed by atoms with Crippen LogP contribution in [0.15, 0.2) is 0 Å². The van der Waals surface area contributed by atoms with Gasteiger partial charge in [0.25, 0.3) is 0 Å². The topological polar surface area (TPSA) is 62.7 Å². The van der Waals surface area contributed by atoms with Gasteiger partial charge in [-0.2, -0.15) is 15.0 Å². The Kier molecular flexibility index (Phi) is 4.55. The van der Waals surface area contributed by atoms with Crippen LogP contribution in [0.25, 0.3) is 0 Å². The number of nitrogens with zero attached hydrogens (tertiary/aromatic N) is 3. The van der Waals surface area contributed by atoms with Gasteiger partial charge in [0, 0.05) is 12.6 Å². The summed E-state index contributed by atoms with van der Waals surface area (Å²) in [6.07, 6.45) is 1.000. The Morgan fingerprint density at radius 1 is 1.20 bits per heavy atom. The van der Waals surface area contributed by atoms with Crippen LogP contribution in [0.1, 0.15) is 27.2 Å². The molecule has 0 saturated carbocycles. The summed E-state index contributed by atoms with van der Waals surface area (Å²) in [5.74, 6) is 1.02. The first-order valence-corrected chi connectivity index (χ1v) is 5.45. The highest BCUT2D eigenvalue weighted by Gasteiger charge is 2.06. The van der Waals surface area contributed by atoms with E-state index in [9.17, 15) is 0 Å². The number of rotatable bonds is 5. The van der Waals surface area contributed by atoms with Gasteiger partial charge in [0.1, 0.15) is 0 Å². The van der Waals surface area contributed by atoms with E-state index in [1.165, 1.54) is 0 Å². The molecule has 0 radical (unpaired) electrons. The predicted molar refractivity (Wildman–Crippen MR) is 62.4 cm³/mol. The molecule has 6 heteroatoms. The highest BCUT2D eigenvalue weighted by molar-refractivity contribution is 6.28. The minimum atomic E-state index is 0.201. The second kappa shape index (κ2) is 5.70. The molecule has 0 bridgehead atoms. The molecule has 0 aliphatic carbocycles. The van der Waals surface area contributed by atoms with Gasteiger partial charge in [-0.1, -0.05) is 6.92 Å². The molecule has 84 valence electrons. The van der Waals surface area contributed by atoms with Crippen LogP contribution in [-0.4, -0.2) is 27.5 Å². The molecule has 0 spiro atoms. The molecule has 0 fully saturated rings. The van der Waals surface area contributed by atoms with Gasteiger partial charge >= 0.3 is 0 Å². The lowest BCUT2D eigenvalue weighted by molar-refractivity contribution is 0.751. The molecule has 0 aromatic carbocycles. The third kappa shape index (κ3) is 3.87. The number of nitrogens with one attached hydrogen (secondary N) is 2. The molecule has 0 amide bonds. The van der Waals surface area contributed by atoms with Crippen molar-refractivity contribution >= 4 is 23.5 Å². The zero-order valence-electron chi connectivity index (χ0n) is 9.21. The Balaban J connectivity index is 2.78. The molecule has 1 heterocycles. The molecule has 0 saturated heterocycles. The van der Waals surface area contributed by atoms with Gasteiger partial charge in [-0.3, -0.25) is 0 Å². The standard InChI is InChI=1S/C9H16ClN5/c1-4-6(3)12-9-14-7(10)13-8(15-9)11-5-2/h6H,4-5H2,1-3H3,(H2,11,12,13,14,15)/t6-/m1/s1. The van der Waals surface area contributed by atoms with Crippen molar-refractivity contribution in [2.24, 2.45) is 0 Å². The van der Waals surface area contributed by atoms with Crippen LogP contribution in [0.3, 0.4) is 0 Å². The summed E-state index contributed by atoms with van der Waals surface area (Å²) in [6.45, 7) is 6.87. The zero-order valence-corrected chi connectivity index (χ0v) is 9.97. The molecular formula is C9H16ClN5. The van der Waals surface area contributed by atoms with Gasteiger partial charge in [0.2, 0.25) is 17.2 Å². The van der Waals surface area contributed by atoms with E-state index < -0.39 is 0 Å². The van der Waals surface area contributed by atoms with Crippen molar-refractivity contribution < 1.29 is 0 Å². The summed E-state index contributed by atoms with van der Waals surface area (Å²) in [4.78, 5) is 12.1. The monoisotopic (exact) mass is 229 g/mol. The summed E-state index contributed by atoms with van der Waals surface area (Å²) in [5, 5.41) is 6.34. The first kappa shape index (κ1) is 12.0. The van der Waals surface area contributed by atoms with E-state index in [2.05, 4.69) is 39.4 Å². The molecule has 15 heavy (non-hydrogen) atoms. The van der Waals surface area contributed by atoms with Gasteiger partial charge < -0.3 is 10.6 Å². The van der Waals surface area contributed by atoms with Crippen molar-refractivity contribution in [2.75, 3.05) is 17.2 Å². The molecule has 0 unspecified atom stereocenters. The minimum Gasteiger partial charge on any atom is -0.354 e. The third-order valence-corrected chi connectivity index (χ3v) is 2.10. The zero-order chi connectivity index (χ0) is 11.3. The van der Waals surface area contributed by atoms with E-state index in [0.717, 1.165) is 13.0 Å². The van der Waals surface area contributed by atoms with Gasteiger partial charge in [0.05, 0.1) is 0 Å². The van der Waals surface area contributed by atoms with Crippen LogP contribution in [0.4, 0.5) is 11.9 Å². The van der Waals surface area contributed by atoms with E-state index in [4.69, 9.17) is 11.6 Å². The second-order valence-electron chi connectivity index (χ2n) is 3.24. The van der Waals surface area contributed by atoms with E-state index in [-0.39, 0.29) is 5.28 Å². The molecule has 1 aromatic rings. The average Bonchev–Trinajstić information content (AvgIpc) is 2.17. The quantitative estimate of drug-likeness (QED) is 0.810. The molecule has 1 atom stereocenters. The lowest BCUT2D eigenvalue weighted by Crippen LogP contribution is -2.17. The molecule has 1 aromatic heterocycles. The average molecular weight is 230 g/mol. The third-order valence-electron chi connectivity index (χ3n) is 1.93. The summed E-state index contributed by atoms with van der Waals surface area (Å²) < 4.78 is 0. The SMILES string of the molecule is CCNc1nc(Cl)nc(N[C@H](C)CC)n1. The Labute approximate surface area is 94.7 Å². The predicted octanol–water partition coefficient (Wildman–Crippen LogP) is 2.17. The number of aromatic nitrogens is 3. The summed E-state index contributed by atoms with van der Waals surface area (Å²) in [5.41, 5.74) is 0. The van der Waals surface area contributed by atoms with Gasteiger partial charge in [0.15, 0.2) is 0 Å². The van der Waals surface area contributed by atoms with Crippen molar-refractivity contribution in [1.29, 1.82) is 0 Å². The molecule has 2 N–H and O–H groups in total. The van der Waals surface area contributed by atoms with E-state index in [1.54, 1.807) is 0 Å². The number of hydrogen-bond donors (Lipinski definition) is 2. The molecule has 0 aliphatic rings. The number of anilines is 2. The van der Waals surface area contributed by atoms with Crippen molar-refractivity contribution in [2.45, 2.75) is 33.2 Å². The van der Waals surface area contributed by atoms with Crippen LogP contribution < -0.4 is 10.6 Å². The van der Waals surface area contributed by atoms with E-state index in [1.807, 2.05) is 6.92 Å². The van der Waals surface area contributed by atoms with Gasteiger partial charge in [-0.25, -0.2) is 0 Å². The lowest BCUT2D eigenvalue weighted by Gasteiger charge is -2.11. The van der Waals surface area contributed by atoms with Crippen molar-refractivity contribution in [3.8, 4) is 0 Å². The summed E-state index contributed by atoms with van der Waals surface area (Å²) >= 11 is 5.77. The largest absolute Gasteiger partial charge is 0.354 e. The molecule has 0 aliphatic heterocycles. The maximum Gasteiger partial charge on any atom is 0.229 e. The van der Waals surface area contributed by atoms with Crippen LogP contribution in [0, 0.1) is 0 Å². The second-order valence-corrected chi connectivity index (χ2v) is 3.57. The normalized spacial score (nSPS) is 12.3. The van der Waals surface area contributed by atoms with E-state index in [0.29, 0.717) is 17.9 Å². The molecule has 1 rings (SSSR count). The van der Waals surface area contributed by atoms with Gasteiger partial charge in [-0.05, 0) is 31.9 Å². The highest BCUT2D eigenvalue weighted by Crippen LogP contribution is 2.10. The Morgan fingerprint density at radius 3 is 2.47 bits per heavy atom. The van der Waals surface area contributed by atoms with Crippen LogP contribution in [0.2, 0.25) is 5.28 Å². The fourth-order valence-corrected chi connectivity index (χ4v) is 1.13. The smallest absolute Gasteiger partial charge is 0.229 e. The summed E-state index contributed by atoms with van der Waals surface area (Å²) in [7, 11) is 0. The fourth-order valence-electron chi connectivity index (χ4n) is 0.974. The van der Waals surface area contributed by atoms with Crippen LogP contribution >= 0.6 is 11.6 Å². The minimum absolute atomic E-state index is 0.201. The van der Waals surface area contributed by atoms with Crippen molar-refractivity contribution in [3.05, 3.63) is 5.28 Å². The fraction of sp³-hybridized carbons (Fsp3) is 0.667. The maximum absolute atomic E-state index is 5.77. The first-order chi connectivity index (χ1) is 7.15. The molecular weight excluding hydrogens is 214 g/mol. The Bertz CT molecular complexity index is 317. The Morgan fingerprint density at radius 2 is 1.87 bits per heavy atom. The number of halogens is 1. The highest BCUT2D eigenvalue weighted by atomic mass is 35.5. The van der Waals surface area contributed by atoms with Crippen LogP contribution in [-0.2, 0) is 0 Å².